The van der Waals surface area contributed by atoms with Crippen LogP contribution >= 0.6 is 11.8 Å². The van der Waals surface area contributed by atoms with Crippen molar-refractivity contribution in [2.24, 2.45) is 0 Å². The summed E-state index contributed by atoms with van der Waals surface area (Å²) in [4.78, 5) is 13.8. The molecule has 1 aliphatic rings. The minimum Gasteiger partial charge on any atom is -0.481 e. The van der Waals surface area contributed by atoms with Crippen LogP contribution in [0.4, 0.5) is 13.2 Å². The number of carbonyl (C=O) groups is 1. The molecule has 0 N–H and O–H groups in total. The number of alkyl halides is 3. The maximum absolute atomic E-state index is 12.4. The van der Waals surface area contributed by atoms with Crippen molar-refractivity contribution >= 4 is 28.6 Å². The molecule has 0 atom stereocenters. The summed E-state index contributed by atoms with van der Waals surface area (Å²) >= 11 is -0.177. The van der Waals surface area contributed by atoms with Crippen LogP contribution in [-0.2, 0) is 20.4 Å². The van der Waals surface area contributed by atoms with Crippen LogP contribution in [0.5, 0.6) is 5.75 Å². The van der Waals surface area contributed by atoms with Crippen molar-refractivity contribution in [3.8, 4) is 17.6 Å². The summed E-state index contributed by atoms with van der Waals surface area (Å²) in [6.45, 7) is 7.05. The Hall–Kier alpha value is -2.24. The molecule has 0 aliphatic carbocycles. The van der Waals surface area contributed by atoms with Crippen LogP contribution in [0.3, 0.4) is 0 Å². The van der Waals surface area contributed by atoms with E-state index in [4.69, 9.17) is 9.47 Å². The van der Waals surface area contributed by atoms with E-state index in [1.807, 2.05) is 13.8 Å². The topological polar surface area (TPSA) is 35.5 Å². The van der Waals surface area contributed by atoms with Gasteiger partial charge in [-0.15, -0.1) is 0 Å². The van der Waals surface area contributed by atoms with E-state index in [2.05, 4.69) is 24.0 Å². The van der Waals surface area contributed by atoms with E-state index >= 15 is 0 Å². The maximum atomic E-state index is 12.4. The first kappa shape index (κ1) is 26.4. The highest BCUT2D eigenvalue weighted by atomic mass is 32.2. The van der Waals surface area contributed by atoms with Crippen LogP contribution < -0.4 is 4.74 Å². The molecule has 0 unspecified atom stereocenters. The number of hydrogen-bond donors (Lipinski definition) is 0. The molecule has 0 bridgehead atoms. The normalized spacial score (nSPS) is 14.4. The van der Waals surface area contributed by atoms with E-state index in [0.29, 0.717) is 22.2 Å². The van der Waals surface area contributed by atoms with Crippen LogP contribution in [0.2, 0.25) is 0 Å². The fraction of sp³-hybridized carbons (Fsp3) is 0.423. The monoisotopic (exact) mass is 509 g/mol. The van der Waals surface area contributed by atoms with E-state index in [1.165, 1.54) is 53.5 Å². The molecule has 3 nitrogen and oxygen atoms in total. The van der Waals surface area contributed by atoms with Crippen molar-refractivity contribution in [1.82, 2.24) is 0 Å². The van der Waals surface area contributed by atoms with Gasteiger partial charge in [-0.05, 0) is 99.8 Å². The smallest absolute Gasteiger partial charge is 0.446 e. The highest BCUT2D eigenvalue weighted by molar-refractivity contribution is 8.00. The van der Waals surface area contributed by atoms with Crippen LogP contribution in [-0.4, -0.2) is 35.2 Å². The molecule has 0 radical (unpaired) electrons. The second kappa shape index (κ2) is 11.0. The lowest BCUT2D eigenvalue weighted by Gasteiger charge is -2.19. The molecular weight excluding hydrogens is 481 g/mol. The number of esters is 1. The Labute approximate surface area is 206 Å². The standard InChI is InChI=1S/C26H28F3O3S2/c1-18-15-22(34-13-5-6-14-34)16-19(2)24(18)31-17-23(30)32-25(3,4)12-11-20-7-9-21(10-8-20)33-26(27,28)29/h7-10,15-16H,5-6,13-14,17H2,1-4H3/q+1. The summed E-state index contributed by atoms with van der Waals surface area (Å²) in [7, 11) is 0.316. The zero-order valence-corrected chi connectivity index (χ0v) is 21.3. The molecular formula is C26H28F3O3S2+. The van der Waals surface area contributed by atoms with E-state index < -0.39 is 17.1 Å². The molecule has 0 spiro atoms. The van der Waals surface area contributed by atoms with Gasteiger partial charge in [0.25, 0.3) is 0 Å². The number of rotatable bonds is 6. The molecule has 0 amide bonds. The fourth-order valence-corrected chi connectivity index (χ4v) is 6.64. The van der Waals surface area contributed by atoms with Crippen LogP contribution in [0.15, 0.2) is 46.2 Å². The van der Waals surface area contributed by atoms with Gasteiger partial charge in [0.05, 0.1) is 0 Å². The van der Waals surface area contributed by atoms with Crippen molar-refractivity contribution in [1.29, 1.82) is 0 Å². The first-order valence-corrected chi connectivity index (χ1v) is 13.3. The van der Waals surface area contributed by atoms with E-state index in [1.54, 1.807) is 13.8 Å². The molecule has 1 heterocycles. The lowest BCUT2D eigenvalue weighted by molar-refractivity contribution is -0.154. The summed E-state index contributed by atoms with van der Waals surface area (Å²) in [5.74, 6) is 8.35. The molecule has 0 aromatic heterocycles. The zero-order valence-electron chi connectivity index (χ0n) is 19.7. The van der Waals surface area contributed by atoms with Crippen LogP contribution in [0, 0.1) is 25.7 Å². The van der Waals surface area contributed by atoms with Gasteiger partial charge in [0, 0.05) is 21.4 Å². The SMILES string of the molecule is Cc1cc([S+]2CCCC2)cc(C)c1OCC(=O)OC(C)(C)C#Cc1ccc(SC(F)(F)F)cc1. The van der Waals surface area contributed by atoms with Gasteiger partial charge in [-0.3, -0.25) is 0 Å². The van der Waals surface area contributed by atoms with E-state index in [-0.39, 0.29) is 23.3 Å². The maximum Gasteiger partial charge on any atom is 0.446 e. The Morgan fingerprint density at radius 3 is 2.21 bits per heavy atom. The van der Waals surface area contributed by atoms with Crippen LogP contribution in [0.1, 0.15) is 43.4 Å². The summed E-state index contributed by atoms with van der Waals surface area (Å²) in [5.41, 5.74) is -2.87. The average molecular weight is 510 g/mol. The first-order valence-electron chi connectivity index (χ1n) is 10.9. The number of benzene rings is 2. The Bertz CT molecular complexity index is 1050. The minimum absolute atomic E-state index is 0.0863. The second-order valence-electron chi connectivity index (χ2n) is 8.59. The second-order valence-corrected chi connectivity index (χ2v) is 12.0. The lowest BCUT2D eigenvalue weighted by atomic mass is 10.1. The molecule has 182 valence electrons. The van der Waals surface area contributed by atoms with Gasteiger partial charge >= 0.3 is 11.5 Å². The molecule has 2 aromatic rings. The van der Waals surface area contributed by atoms with Gasteiger partial charge in [-0.2, -0.15) is 13.2 Å². The highest BCUT2D eigenvalue weighted by Crippen LogP contribution is 2.36. The molecule has 34 heavy (non-hydrogen) atoms. The van der Waals surface area contributed by atoms with E-state index in [0.717, 1.165) is 11.1 Å². The number of aryl methyl sites for hydroxylation is 2. The predicted octanol–water partition coefficient (Wildman–Crippen LogP) is 6.44. The molecule has 1 aliphatic heterocycles. The van der Waals surface area contributed by atoms with Crippen molar-refractivity contribution in [3.05, 3.63) is 53.1 Å². The highest BCUT2D eigenvalue weighted by Gasteiger charge is 2.29. The number of halogens is 3. The third-order valence-corrected chi connectivity index (χ3v) is 8.30. The Morgan fingerprint density at radius 1 is 1.06 bits per heavy atom. The third kappa shape index (κ3) is 7.92. The van der Waals surface area contributed by atoms with Crippen molar-refractivity contribution in [2.75, 3.05) is 18.1 Å². The van der Waals surface area contributed by atoms with Gasteiger partial charge in [-0.1, -0.05) is 11.8 Å². The van der Waals surface area contributed by atoms with Gasteiger partial charge in [0.15, 0.2) is 17.1 Å². The van der Waals surface area contributed by atoms with E-state index in [9.17, 15) is 18.0 Å². The molecule has 2 aromatic carbocycles. The molecule has 8 heteroatoms. The van der Waals surface area contributed by atoms with Crippen molar-refractivity contribution < 1.29 is 27.4 Å². The van der Waals surface area contributed by atoms with Gasteiger partial charge in [-0.25, -0.2) is 4.79 Å². The van der Waals surface area contributed by atoms with Gasteiger partial charge < -0.3 is 9.47 Å². The Morgan fingerprint density at radius 2 is 1.65 bits per heavy atom. The molecule has 1 saturated heterocycles. The fourth-order valence-electron chi connectivity index (χ4n) is 3.63. The predicted molar refractivity (Wildman–Crippen MR) is 131 cm³/mol. The zero-order chi connectivity index (χ0) is 24.9. The summed E-state index contributed by atoms with van der Waals surface area (Å²) in [6.07, 6.45) is 2.57. The molecule has 3 rings (SSSR count). The summed E-state index contributed by atoms with van der Waals surface area (Å²) < 4.78 is 48.6. The largest absolute Gasteiger partial charge is 0.481 e. The van der Waals surface area contributed by atoms with Crippen molar-refractivity contribution in [2.45, 2.75) is 61.4 Å². The molecule has 1 fully saturated rings. The quantitative estimate of drug-likeness (QED) is 0.194. The Kier molecular flexibility index (Phi) is 8.53. The minimum atomic E-state index is -4.33. The number of carbonyl (C=O) groups excluding carboxylic acids is 1. The third-order valence-electron chi connectivity index (χ3n) is 5.10. The Balaban J connectivity index is 1.56. The van der Waals surface area contributed by atoms with Gasteiger partial charge in [0.1, 0.15) is 17.3 Å². The molecule has 0 saturated carbocycles. The lowest BCUT2D eigenvalue weighted by Crippen LogP contribution is -2.29. The van der Waals surface area contributed by atoms with Crippen LogP contribution in [0.25, 0.3) is 0 Å². The number of hydrogen-bond acceptors (Lipinski definition) is 4. The van der Waals surface area contributed by atoms with Gasteiger partial charge in [0.2, 0.25) is 0 Å². The average Bonchev–Trinajstić information content (AvgIpc) is 3.26. The summed E-state index contributed by atoms with van der Waals surface area (Å²) in [5, 5.41) is 0. The van der Waals surface area contributed by atoms with Crippen molar-refractivity contribution in [3.63, 3.8) is 0 Å². The number of ether oxygens (including phenoxy) is 2. The first-order chi connectivity index (χ1) is 15.9. The number of thioether (sulfide) groups is 1. The summed E-state index contributed by atoms with van der Waals surface area (Å²) in [6, 6.07) is 10.1.